The molecular formula is C26H26N4O4S. The molecule has 0 fully saturated rings. The van der Waals surface area contributed by atoms with E-state index in [1.807, 2.05) is 66.9 Å². The molecule has 180 valence electrons. The van der Waals surface area contributed by atoms with Gasteiger partial charge in [0.2, 0.25) is 5.91 Å². The van der Waals surface area contributed by atoms with Crippen LogP contribution in [0.2, 0.25) is 0 Å². The van der Waals surface area contributed by atoms with E-state index in [4.69, 9.17) is 9.47 Å². The van der Waals surface area contributed by atoms with Crippen LogP contribution in [0.5, 0.6) is 0 Å². The quantitative estimate of drug-likeness (QED) is 0.270. The molecule has 0 aliphatic rings. The van der Waals surface area contributed by atoms with E-state index in [9.17, 15) is 9.59 Å². The molecule has 4 aromatic rings. The van der Waals surface area contributed by atoms with Gasteiger partial charge in [-0.1, -0.05) is 24.3 Å². The lowest BCUT2D eigenvalue weighted by Crippen LogP contribution is -2.16. The van der Waals surface area contributed by atoms with Crippen molar-refractivity contribution < 1.29 is 19.1 Å². The summed E-state index contributed by atoms with van der Waals surface area (Å²) in [4.78, 5) is 25.4. The van der Waals surface area contributed by atoms with Crippen molar-refractivity contribution in [2.75, 3.05) is 31.0 Å². The zero-order chi connectivity index (χ0) is 24.6. The highest BCUT2D eigenvalue weighted by molar-refractivity contribution is 7.10. The number of hydrogen-bond donors (Lipinski definition) is 3. The topological polar surface area (TPSA) is 105 Å². The maximum atomic E-state index is 12.5. The fraction of sp³-hybridized carbons (Fsp3) is 0.192. The highest BCUT2D eigenvalue weighted by Crippen LogP contribution is 2.26. The summed E-state index contributed by atoms with van der Waals surface area (Å²) in [6.07, 6.45) is 3.61. The Balaban J connectivity index is 1.47. The summed E-state index contributed by atoms with van der Waals surface area (Å²) in [5, 5.41) is 16.0. The molecular weight excluding hydrogens is 464 g/mol. The van der Waals surface area contributed by atoms with Crippen molar-refractivity contribution in [2.45, 2.75) is 13.3 Å². The number of rotatable bonds is 9. The number of aromatic nitrogens is 2. The second-order valence-corrected chi connectivity index (χ2v) is 8.87. The van der Waals surface area contributed by atoms with Gasteiger partial charge in [0, 0.05) is 28.7 Å². The van der Waals surface area contributed by atoms with Crippen molar-refractivity contribution in [3.8, 4) is 0 Å². The van der Waals surface area contributed by atoms with Gasteiger partial charge in [-0.25, -0.2) is 4.79 Å². The highest BCUT2D eigenvalue weighted by atomic mass is 32.1. The Morgan fingerprint density at radius 3 is 2.77 bits per heavy atom. The number of hydrogen-bond acceptors (Lipinski definition) is 6. The molecule has 2 heterocycles. The van der Waals surface area contributed by atoms with E-state index < -0.39 is 6.09 Å². The number of ether oxygens (including phenoxy) is 2. The number of H-pyrrole nitrogens is 1. The van der Waals surface area contributed by atoms with Crippen LogP contribution in [0.4, 0.5) is 16.2 Å². The standard InChI is InChI=1S/C26H26N4O4S/c1-17-13-24-21(16-23(17)28-25(31)15-20-7-4-12-35-20)22(29-30-24)9-8-18-5-3-6-19(14-18)27-26(32)34-11-10-33-2/h3-9,12-14,16H,10-11,15H2,1-2H3,(H,27,32)(H,28,31)(H,29,30)/b9-8+. The number of nitrogens with zero attached hydrogens (tertiary/aromatic N) is 1. The highest BCUT2D eigenvalue weighted by Gasteiger charge is 2.11. The van der Waals surface area contributed by atoms with Gasteiger partial charge in [0.1, 0.15) is 6.61 Å². The number of nitrogens with one attached hydrogen (secondary N) is 3. The SMILES string of the molecule is COCCOC(=O)Nc1cccc(/C=C/c2n[nH]c3cc(C)c(NC(=O)Cc4cccs4)cc23)c1. The number of thiophene rings is 1. The number of benzene rings is 2. The number of methoxy groups -OCH3 is 1. The van der Waals surface area contributed by atoms with E-state index in [1.54, 1.807) is 24.5 Å². The predicted molar refractivity (Wildman–Crippen MR) is 140 cm³/mol. The minimum atomic E-state index is -0.537. The Morgan fingerprint density at radius 2 is 1.97 bits per heavy atom. The van der Waals surface area contributed by atoms with Crippen LogP contribution in [0.15, 0.2) is 53.9 Å². The van der Waals surface area contributed by atoms with Crippen LogP contribution >= 0.6 is 11.3 Å². The summed E-state index contributed by atoms with van der Waals surface area (Å²) in [7, 11) is 1.55. The Labute approximate surface area is 207 Å². The second kappa shape index (κ2) is 11.5. The lowest BCUT2D eigenvalue weighted by Gasteiger charge is -2.08. The van der Waals surface area contributed by atoms with Crippen molar-refractivity contribution >= 4 is 57.8 Å². The van der Waals surface area contributed by atoms with Gasteiger partial charge in [-0.2, -0.15) is 5.10 Å². The van der Waals surface area contributed by atoms with Crippen molar-refractivity contribution in [2.24, 2.45) is 0 Å². The molecule has 0 radical (unpaired) electrons. The lowest BCUT2D eigenvalue weighted by atomic mass is 10.1. The molecule has 0 bridgehead atoms. The molecule has 0 atom stereocenters. The maximum Gasteiger partial charge on any atom is 0.411 e. The number of anilines is 2. The number of aromatic amines is 1. The summed E-state index contributed by atoms with van der Waals surface area (Å²) >= 11 is 1.57. The summed E-state index contributed by atoms with van der Waals surface area (Å²) < 4.78 is 9.90. The summed E-state index contributed by atoms with van der Waals surface area (Å²) in [5.41, 5.74) is 4.83. The first-order valence-corrected chi connectivity index (χ1v) is 11.9. The third-order valence-corrected chi connectivity index (χ3v) is 6.09. The molecule has 0 aliphatic carbocycles. The van der Waals surface area contributed by atoms with E-state index in [0.29, 0.717) is 18.7 Å². The van der Waals surface area contributed by atoms with Crippen LogP contribution < -0.4 is 10.6 Å². The maximum absolute atomic E-state index is 12.5. The second-order valence-electron chi connectivity index (χ2n) is 7.84. The average Bonchev–Trinajstić information content (AvgIpc) is 3.48. The van der Waals surface area contributed by atoms with Crippen LogP contribution in [-0.4, -0.2) is 42.5 Å². The van der Waals surface area contributed by atoms with Gasteiger partial charge in [-0.15, -0.1) is 11.3 Å². The smallest absolute Gasteiger partial charge is 0.411 e. The number of carbonyl (C=O) groups is 2. The molecule has 35 heavy (non-hydrogen) atoms. The summed E-state index contributed by atoms with van der Waals surface area (Å²) in [6, 6.07) is 15.2. The van der Waals surface area contributed by atoms with Gasteiger partial charge in [0.05, 0.1) is 24.2 Å². The first kappa shape index (κ1) is 24.2. The molecule has 0 unspecified atom stereocenters. The predicted octanol–water partition coefficient (Wildman–Crippen LogP) is 5.48. The van der Waals surface area contributed by atoms with Gasteiger partial charge in [-0.3, -0.25) is 15.2 Å². The average molecular weight is 491 g/mol. The number of fused-ring (bicyclic) bond motifs is 1. The van der Waals surface area contributed by atoms with Gasteiger partial charge < -0.3 is 14.8 Å². The molecule has 4 rings (SSSR count). The van der Waals surface area contributed by atoms with Crippen LogP contribution in [0.25, 0.3) is 23.1 Å². The third-order valence-electron chi connectivity index (χ3n) is 5.21. The van der Waals surface area contributed by atoms with E-state index in [2.05, 4.69) is 20.8 Å². The Bertz CT molecular complexity index is 1340. The van der Waals surface area contributed by atoms with E-state index in [1.165, 1.54) is 0 Å². The molecule has 3 N–H and O–H groups in total. The van der Waals surface area contributed by atoms with Crippen LogP contribution in [0.1, 0.15) is 21.7 Å². The van der Waals surface area contributed by atoms with Gasteiger partial charge in [-0.05, 0) is 59.8 Å². The van der Waals surface area contributed by atoms with Crippen LogP contribution in [-0.2, 0) is 20.7 Å². The first-order valence-electron chi connectivity index (χ1n) is 11.0. The van der Waals surface area contributed by atoms with Crippen molar-refractivity contribution in [1.29, 1.82) is 0 Å². The summed E-state index contributed by atoms with van der Waals surface area (Å²) in [6.45, 7) is 2.48. The molecule has 0 aliphatic heterocycles. The van der Waals surface area contributed by atoms with E-state index >= 15 is 0 Å². The zero-order valence-corrected chi connectivity index (χ0v) is 20.3. The molecule has 0 spiro atoms. The lowest BCUT2D eigenvalue weighted by molar-refractivity contribution is -0.115. The minimum Gasteiger partial charge on any atom is -0.447 e. The minimum absolute atomic E-state index is 0.0550. The van der Waals surface area contributed by atoms with E-state index in [-0.39, 0.29) is 12.5 Å². The Kier molecular flexibility index (Phi) is 7.92. The van der Waals surface area contributed by atoms with Gasteiger partial charge >= 0.3 is 6.09 Å². The summed E-state index contributed by atoms with van der Waals surface area (Å²) in [5.74, 6) is -0.0550. The van der Waals surface area contributed by atoms with Crippen molar-refractivity contribution in [3.05, 3.63) is 75.6 Å². The van der Waals surface area contributed by atoms with E-state index in [0.717, 1.165) is 38.3 Å². The zero-order valence-electron chi connectivity index (χ0n) is 19.5. The fourth-order valence-electron chi connectivity index (χ4n) is 3.49. The molecule has 9 heteroatoms. The van der Waals surface area contributed by atoms with Crippen molar-refractivity contribution in [3.63, 3.8) is 0 Å². The molecule has 8 nitrogen and oxygen atoms in total. The normalized spacial score (nSPS) is 11.1. The van der Waals surface area contributed by atoms with Crippen LogP contribution in [0, 0.1) is 6.92 Å². The first-order chi connectivity index (χ1) is 17.0. The molecule has 2 aromatic carbocycles. The van der Waals surface area contributed by atoms with Crippen LogP contribution in [0.3, 0.4) is 0 Å². The monoisotopic (exact) mass is 490 g/mol. The van der Waals surface area contributed by atoms with Gasteiger partial charge in [0.25, 0.3) is 0 Å². The molecule has 0 saturated carbocycles. The molecule has 0 saturated heterocycles. The Morgan fingerprint density at radius 1 is 1.09 bits per heavy atom. The van der Waals surface area contributed by atoms with Crippen molar-refractivity contribution in [1.82, 2.24) is 10.2 Å². The Hall–Kier alpha value is -3.95. The van der Waals surface area contributed by atoms with Gasteiger partial charge in [0.15, 0.2) is 0 Å². The number of amides is 2. The number of aryl methyl sites for hydroxylation is 1. The molecule has 2 aromatic heterocycles. The fourth-order valence-corrected chi connectivity index (χ4v) is 4.19. The molecule has 2 amide bonds. The largest absolute Gasteiger partial charge is 0.447 e. The number of carbonyl (C=O) groups excluding carboxylic acids is 2. The third kappa shape index (κ3) is 6.56.